The topological polar surface area (TPSA) is 72.2 Å². The minimum atomic E-state index is -3.63. The summed E-state index contributed by atoms with van der Waals surface area (Å²) in [7, 11) is -3.63. The molecule has 3 aromatic rings. The highest BCUT2D eigenvalue weighted by Gasteiger charge is 2.20. The van der Waals surface area contributed by atoms with E-state index in [0.29, 0.717) is 11.4 Å². The molecule has 2 heterocycles. The van der Waals surface area contributed by atoms with Crippen LogP contribution in [-0.2, 0) is 10.0 Å². The molecule has 5 nitrogen and oxygen atoms in total. The highest BCUT2D eigenvalue weighted by Crippen LogP contribution is 2.34. The van der Waals surface area contributed by atoms with E-state index >= 15 is 0 Å². The number of nitrogens with one attached hydrogen (secondary N) is 1. The van der Waals surface area contributed by atoms with Gasteiger partial charge in [0, 0.05) is 11.3 Å². The second-order valence-electron chi connectivity index (χ2n) is 5.75. The summed E-state index contributed by atoms with van der Waals surface area (Å²) >= 11 is 1.16. The Morgan fingerprint density at radius 2 is 1.79 bits per heavy atom. The van der Waals surface area contributed by atoms with E-state index in [9.17, 15) is 8.42 Å². The number of nitrogens with zero attached hydrogens (tertiary/aromatic N) is 1. The molecule has 0 atom stereocenters. The lowest BCUT2D eigenvalue weighted by Gasteiger charge is -2.08. The van der Waals surface area contributed by atoms with Gasteiger partial charge in [-0.2, -0.15) is 0 Å². The lowest BCUT2D eigenvalue weighted by Crippen LogP contribution is -2.11. The van der Waals surface area contributed by atoms with E-state index in [0.717, 1.165) is 38.6 Å². The van der Waals surface area contributed by atoms with Crippen LogP contribution in [0.15, 0.2) is 39.1 Å². The number of rotatable bonds is 4. The molecule has 7 heteroatoms. The van der Waals surface area contributed by atoms with E-state index < -0.39 is 10.0 Å². The monoisotopic (exact) mass is 362 g/mol. The van der Waals surface area contributed by atoms with Crippen molar-refractivity contribution in [2.45, 2.75) is 31.9 Å². The zero-order valence-corrected chi connectivity index (χ0v) is 15.5. The molecule has 0 aliphatic carbocycles. The molecule has 0 saturated heterocycles. The summed E-state index contributed by atoms with van der Waals surface area (Å²) in [5.74, 6) is 0.616. The zero-order valence-electron chi connectivity index (χ0n) is 13.9. The van der Waals surface area contributed by atoms with Gasteiger partial charge in [0.1, 0.15) is 4.21 Å². The van der Waals surface area contributed by atoms with E-state index in [2.05, 4.69) is 9.88 Å². The van der Waals surface area contributed by atoms with Crippen molar-refractivity contribution in [1.29, 1.82) is 0 Å². The summed E-state index contributed by atoms with van der Waals surface area (Å²) in [6.45, 7) is 7.70. The number of sulfonamides is 1. The highest BCUT2D eigenvalue weighted by molar-refractivity contribution is 7.94. The first-order chi connectivity index (χ1) is 11.3. The number of thiophene rings is 1. The van der Waals surface area contributed by atoms with Crippen LogP contribution in [0.2, 0.25) is 0 Å². The second-order valence-corrected chi connectivity index (χ2v) is 8.74. The molecule has 0 bridgehead atoms. The molecular formula is C17H18N2O3S2. The molecule has 1 aromatic carbocycles. The molecule has 24 heavy (non-hydrogen) atoms. The van der Waals surface area contributed by atoms with Crippen molar-refractivity contribution in [3.8, 4) is 10.6 Å². The van der Waals surface area contributed by atoms with Crippen molar-refractivity contribution in [2.24, 2.45) is 0 Å². The van der Waals surface area contributed by atoms with Crippen LogP contribution >= 0.6 is 11.3 Å². The minimum Gasteiger partial charge on any atom is -0.355 e. The first-order valence-electron chi connectivity index (χ1n) is 7.41. The van der Waals surface area contributed by atoms with Gasteiger partial charge in [-0.25, -0.2) is 8.42 Å². The third-order valence-electron chi connectivity index (χ3n) is 3.99. The van der Waals surface area contributed by atoms with Crippen molar-refractivity contribution in [3.63, 3.8) is 0 Å². The largest absolute Gasteiger partial charge is 0.355 e. The SMILES string of the molecule is Cc1ccc(NS(=O)(=O)c2ccc(-c3onc(C)c3C)s2)cc1C. The smallest absolute Gasteiger partial charge is 0.271 e. The summed E-state index contributed by atoms with van der Waals surface area (Å²) in [6, 6.07) is 8.81. The first kappa shape index (κ1) is 16.7. The van der Waals surface area contributed by atoms with E-state index in [1.54, 1.807) is 18.2 Å². The first-order valence-corrected chi connectivity index (χ1v) is 9.71. The van der Waals surface area contributed by atoms with Crippen LogP contribution in [0.3, 0.4) is 0 Å². The Morgan fingerprint density at radius 1 is 1.04 bits per heavy atom. The summed E-state index contributed by atoms with van der Waals surface area (Å²) < 4.78 is 33.3. The van der Waals surface area contributed by atoms with Crippen molar-refractivity contribution >= 4 is 27.0 Å². The zero-order chi connectivity index (χ0) is 17.5. The Hall–Kier alpha value is -2.12. The van der Waals surface area contributed by atoms with Gasteiger partial charge in [-0.3, -0.25) is 4.72 Å². The Bertz CT molecular complexity index is 1000. The third-order valence-corrected chi connectivity index (χ3v) is 6.94. The predicted octanol–water partition coefficient (Wildman–Crippen LogP) is 4.44. The van der Waals surface area contributed by atoms with Gasteiger partial charge in [-0.1, -0.05) is 11.2 Å². The fraction of sp³-hybridized carbons (Fsp3) is 0.235. The van der Waals surface area contributed by atoms with Gasteiger partial charge < -0.3 is 4.52 Å². The number of aryl methyl sites for hydroxylation is 3. The van der Waals surface area contributed by atoms with E-state index in [1.165, 1.54) is 0 Å². The second kappa shape index (κ2) is 6.07. The number of hydrogen-bond donors (Lipinski definition) is 1. The van der Waals surface area contributed by atoms with Crippen LogP contribution in [0.4, 0.5) is 5.69 Å². The molecule has 0 spiro atoms. The quantitative estimate of drug-likeness (QED) is 0.745. The molecule has 0 unspecified atom stereocenters. The number of aromatic nitrogens is 1. The van der Waals surface area contributed by atoms with Crippen LogP contribution in [0.5, 0.6) is 0 Å². The lowest BCUT2D eigenvalue weighted by molar-refractivity contribution is 0.427. The summed E-state index contributed by atoms with van der Waals surface area (Å²) in [6.07, 6.45) is 0. The molecule has 0 amide bonds. The van der Waals surface area contributed by atoms with Crippen LogP contribution in [-0.4, -0.2) is 13.6 Å². The lowest BCUT2D eigenvalue weighted by atomic mass is 10.1. The van der Waals surface area contributed by atoms with Gasteiger partial charge in [0.05, 0.1) is 10.6 Å². The van der Waals surface area contributed by atoms with Crippen LogP contribution < -0.4 is 4.72 Å². The fourth-order valence-electron chi connectivity index (χ4n) is 2.24. The standard InChI is InChI=1S/C17H18N2O3S2/c1-10-5-6-14(9-11(10)2)19-24(20,21)16-8-7-15(23-16)17-12(3)13(4)18-22-17/h5-9,19H,1-4H3. The molecule has 0 aliphatic heterocycles. The molecular weight excluding hydrogens is 344 g/mol. The van der Waals surface area contributed by atoms with Crippen molar-refractivity contribution in [3.05, 3.63) is 52.7 Å². The van der Waals surface area contributed by atoms with Crippen LogP contribution in [0.1, 0.15) is 22.4 Å². The van der Waals surface area contributed by atoms with Crippen LogP contribution in [0.25, 0.3) is 10.6 Å². The third kappa shape index (κ3) is 3.09. The number of anilines is 1. The summed E-state index contributed by atoms with van der Waals surface area (Å²) in [5, 5.41) is 3.92. The van der Waals surface area contributed by atoms with Gasteiger partial charge in [-0.15, -0.1) is 11.3 Å². The summed E-state index contributed by atoms with van der Waals surface area (Å²) in [5.41, 5.74) is 4.43. The van der Waals surface area contributed by atoms with E-state index in [1.807, 2.05) is 39.8 Å². The molecule has 3 rings (SSSR count). The Balaban J connectivity index is 1.90. The van der Waals surface area contributed by atoms with E-state index in [4.69, 9.17) is 4.52 Å². The molecule has 0 aliphatic rings. The van der Waals surface area contributed by atoms with Crippen LogP contribution in [0, 0.1) is 27.7 Å². The average molecular weight is 362 g/mol. The Morgan fingerprint density at radius 3 is 2.42 bits per heavy atom. The van der Waals surface area contributed by atoms with E-state index in [-0.39, 0.29) is 4.21 Å². The van der Waals surface area contributed by atoms with Gasteiger partial charge in [0.25, 0.3) is 10.0 Å². The normalized spacial score (nSPS) is 11.7. The molecule has 0 radical (unpaired) electrons. The fourth-order valence-corrected chi connectivity index (χ4v) is 4.63. The molecule has 126 valence electrons. The molecule has 1 N–H and O–H groups in total. The Labute approximate surface area is 145 Å². The van der Waals surface area contributed by atoms with Crippen molar-refractivity contribution < 1.29 is 12.9 Å². The predicted molar refractivity (Wildman–Crippen MR) is 96.0 cm³/mol. The van der Waals surface area contributed by atoms with Crippen molar-refractivity contribution in [2.75, 3.05) is 4.72 Å². The number of hydrogen-bond acceptors (Lipinski definition) is 5. The maximum Gasteiger partial charge on any atom is 0.271 e. The minimum absolute atomic E-state index is 0.240. The number of benzene rings is 1. The summed E-state index contributed by atoms with van der Waals surface area (Å²) in [4.78, 5) is 0.744. The molecule has 0 saturated carbocycles. The van der Waals surface area contributed by atoms with Gasteiger partial charge in [-0.05, 0) is 63.1 Å². The van der Waals surface area contributed by atoms with Gasteiger partial charge >= 0.3 is 0 Å². The van der Waals surface area contributed by atoms with Gasteiger partial charge in [0.2, 0.25) is 0 Å². The maximum atomic E-state index is 12.6. The molecule has 0 fully saturated rings. The Kier molecular flexibility index (Phi) is 4.23. The highest BCUT2D eigenvalue weighted by atomic mass is 32.2. The van der Waals surface area contributed by atoms with Crippen molar-refractivity contribution in [1.82, 2.24) is 5.16 Å². The van der Waals surface area contributed by atoms with Gasteiger partial charge in [0.15, 0.2) is 5.76 Å². The maximum absolute atomic E-state index is 12.6. The molecule has 2 aromatic heterocycles. The average Bonchev–Trinajstić information content (AvgIpc) is 3.12.